The van der Waals surface area contributed by atoms with Crippen molar-refractivity contribution < 1.29 is 9.90 Å². The fourth-order valence-corrected chi connectivity index (χ4v) is 1.65. The van der Waals surface area contributed by atoms with E-state index in [0.717, 1.165) is 5.56 Å². The molecule has 1 saturated carbocycles. The highest BCUT2D eigenvalue weighted by Gasteiger charge is 2.26. The molecule has 0 aliphatic heterocycles. The number of carbonyl (C=O) groups excluding carboxylic acids is 1. The Hall–Kier alpha value is -1.15. The van der Waals surface area contributed by atoms with Crippen molar-refractivity contribution in [3.8, 4) is 0 Å². The highest BCUT2D eigenvalue weighted by Crippen LogP contribution is 2.27. The molecule has 1 N–H and O–H groups in total. The SMILES string of the molecule is O=C(CC(O)c1ccccc1)[C]1[CH][CH][CH][CH]1. The van der Waals surface area contributed by atoms with Crippen LogP contribution in [0.1, 0.15) is 18.1 Å². The Morgan fingerprint density at radius 2 is 1.75 bits per heavy atom. The van der Waals surface area contributed by atoms with Crippen LogP contribution in [0.5, 0.6) is 0 Å². The first-order valence-corrected chi connectivity index (χ1v) is 5.25. The number of aliphatic hydroxyl groups excluding tert-OH is 1. The van der Waals surface area contributed by atoms with Crippen LogP contribution in [0.4, 0.5) is 0 Å². The van der Waals surface area contributed by atoms with Crippen LogP contribution in [0.2, 0.25) is 0 Å². The summed E-state index contributed by atoms with van der Waals surface area (Å²) in [5, 5.41) is 9.87. The minimum atomic E-state index is -0.719. The molecule has 5 radical (unpaired) electrons. The Kier molecular flexibility index (Phi) is 3.73. The lowest BCUT2D eigenvalue weighted by atomic mass is 9.95. The Morgan fingerprint density at radius 1 is 1.12 bits per heavy atom. The van der Waals surface area contributed by atoms with Gasteiger partial charge in [0.1, 0.15) is 5.78 Å². The normalized spacial score (nSPS) is 18.6. The summed E-state index contributed by atoms with van der Waals surface area (Å²) in [6.07, 6.45) is 6.59. The molecule has 1 aliphatic rings. The van der Waals surface area contributed by atoms with Crippen LogP contribution in [0.15, 0.2) is 30.3 Å². The quantitative estimate of drug-likeness (QED) is 0.831. The molecule has 0 heterocycles. The summed E-state index contributed by atoms with van der Waals surface area (Å²) in [4.78, 5) is 11.7. The molecule has 0 amide bonds. The molecule has 1 aromatic rings. The summed E-state index contributed by atoms with van der Waals surface area (Å²) in [6, 6.07) is 9.23. The lowest BCUT2D eigenvalue weighted by Gasteiger charge is -2.12. The molecule has 0 saturated heterocycles. The van der Waals surface area contributed by atoms with Crippen molar-refractivity contribution in [2.24, 2.45) is 0 Å². The van der Waals surface area contributed by atoms with Gasteiger partial charge >= 0.3 is 0 Å². The van der Waals surface area contributed by atoms with Gasteiger partial charge in [-0.05, 0) is 31.2 Å². The number of rotatable bonds is 4. The highest BCUT2D eigenvalue weighted by atomic mass is 16.3. The number of ketones is 1. The largest absolute Gasteiger partial charge is 0.388 e. The monoisotopic (exact) mass is 213 g/mol. The number of carbonyl (C=O) groups is 1. The van der Waals surface area contributed by atoms with E-state index in [4.69, 9.17) is 0 Å². The molecule has 16 heavy (non-hydrogen) atoms. The maximum atomic E-state index is 11.7. The molecule has 2 heteroatoms. The molecule has 1 fully saturated rings. The summed E-state index contributed by atoms with van der Waals surface area (Å²) >= 11 is 0. The van der Waals surface area contributed by atoms with Crippen molar-refractivity contribution in [2.45, 2.75) is 12.5 Å². The van der Waals surface area contributed by atoms with E-state index in [0.29, 0.717) is 5.92 Å². The molecule has 0 spiro atoms. The van der Waals surface area contributed by atoms with E-state index in [1.165, 1.54) is 0 Å². The molecule has 2 rings (SSSR count). The maximum absolute atomic E-state index is 11.7. The van der Waals surface area contributed by atoms with Gasteiger partial charge in [0.25, 0.3) is 0 Å². The smallest absolute Gasteiger partial charge is 0.143 e. The van der Waals surface area contributed by atoms with Gasteiger partial charge in [0, 0.05) is 12.3 Å². The fourth-order valence-electron chi connectivity index (χ4n) is 1.65. The van der Waals surface area contributed by atoms with Gasteiger partial charge in [0.05, 0.1) is 6.10 Å². The Morgan fingerprint density at radius 3 is 2.38 bits per heavy atom. The first-order chi connectivity index (χ1) is 7.77. The van der Waals surface area contributed by atoms with Gasteiger partial charge in [-0.2, -0.15) is 0 Å². The van der Waals surface area contributed by atoms with Crippen LogP contribution in [-0.2, 0) is 4.79 Å². The summed E-state index contributed by atoms with van der Waals surface area (Å²) in [5.41, 5.74) is 0.780. The van der Waals surface area contributed by atoms with Gasteiger partial charge < -0.3 is 5.11 Å². The van der Waals surface area contributed by atoms with Crippen molar-refractivity contribution in [3.63, 3.8) is 0 Å². The number of Topliss-reactive ketones (excluding diaryl/α,β-unsaturated/α-hetero) is 1. The highest BCUT2D eigenvalue weighted by molar-refractivity contribution is 5.97. The lowest BCUT2D eigenvalue weighted by Crippen LogP contribution is -2.13. The topological polar surface area (TPSA) is 37.3 Å². The zero-order valence-corrected chi connectivity index (χ0v) is 8.84. The fraction of sp³-hybridized carbons (Fsp3) is 0.143. The van der Waals surface area contributed by atoms with Gasteiger partial charge in [0.2, 0.25) is 0 Å². The third-order valence-electron chi connectivity index (χ3n) is 2.55. The molecule has 2 nitrogen and oxygen atoms in total. The van der Waals surface area contributed by atoms with Crippen LogP contribution in [0.25, 0.3) is 0 Å². The second kappa shape index (κ2) is 5.26. The third kappa shape index (κ3) is 2.70. The maximum Gasteiger partial charge on any atom is 0.143 e. The summed E-state index contributed by atoms with van der Waals surface area (Å²) < 4.78 is 0. The predicted molar refractivity (Wildman–Crippen MR) is 61.5 cm³/mol. The van der Waals surface area contributed by atoms with Gasteiger partial charge in [-0.25, -0.2) is 0 Å². The van der Waals surface area contributed by atoms with Gasteiger partial charge in [-0.3, -0.25) is 4.79 Å². The lowest BCUT2D eigenvalue weighted by molar-refractivity contribution is -0.118. The van der Waals surface area contributed by atoms with Crippen molar-refractivity contribution in [2.75, 3.05) is 0 Å². The molecule has 1 unspecified atom stereocenters. The van der Waals surface area contributed by atoms with Gasteiger partial charge in [-0.1, -0.05) is 30.3 Å². The summed E-state index contributed by atoms with van der Waals surface area (Å²) in [6.45, 7) is 0. The molecule has 0 aromatic heterocycles. The number of aliphatic hydroxyl groups is 1. The van der Waals surface area contributed by atoms with E-state index in [1.54, 1.807) is 12.8 Å². The zero-order chi connectivity index (χ0) is 11.4. The second-order valence-corrected chi connectivity index (χ2v) is 3.73. The second-order valence-electron chi connectivity index (χ2n) is 3.73. The summed E-state index contributed by atoms with van der Waals surface area (Å²) in [5.74, 6) is 0.635. The van der Waals surface area contributed by atoms with Crippen molar-refractivity contribution >= 4 is 5.78 Å². The van der Waals surface area contributed by atoms with Crippen LogP contribution in [-0.4, -0.2) is 10.9 Å². The third-order valence-corrected chi connectivity index (χ3v) is 2.55. The first kappa shape index (κ1) is 11.3. The van der Waals surface area contributed by atoms with Gasteiger partial charge in [0.15, 0.2) is 0 Å². The molecule has 1 aromatic carbocycles. The standard InChI is InChI=1S/C14H13O2/c15-13(11-6-2-1-3-7-11)10-14(16)12-8-4-5-9-12/h1-9,13,15H,10H2. The van der Waals surface area contributed by atoms with E-state index in [2.05, 4.69) is 0 Å². The van der Waals surface area contributed by atoms with Crippen LogP contribution in [0.3, 0.4) is 0 Å². The molecular weight excluding hydrogens is 200 g/mol. The predicted octanol–water partition coefficient (Wildman–Crippen LogP) is 2.08. The van der Waals surface area contributed by atoms with E-state index in [1.807, 2.05) is 43.2 Å². The van der Waals surface area contributed by atoms with Crippen molar-refractivity contribution in [1.82, 2.24) is 0 Å². The molecule has 0 bridgehead atoms. The number of benzene rings is 1. The summed E-state index contributed by atoms with van der Waals surface area (Å²) in [7, 11) is 0. The first-order valence-electron chi connectivity index (χ1n) is 5.25. The average molecular weight is 213 g/mol. The van der Waals surface area contributed by atoms with Crippen LogP contribution >= 0.6 is 0 Å². The zero-order valence-electron chi connectivity index (χ0n) is 8.84. The Bertz CT molecular complexity index is 339. The molecule has 81 valence electrons. The van der Waals surface area contributed by atoms with Crippen molar-refractivity contribution in [1.29, 1.82) is 0 Å². The van der Waals surface area contributed by atoms with E-state index in [9.17, 15) is 9.90 Å². The van der Waals surface area contributed by atoms with E-state index >= 15 is 0 Å². The van der Waals surface area contributed by atoms with Crippen molar-refractivity contribution in [3.05, 3.63) is 67.5 Å². The molecule has 1 aliphatic carbocycles. The molecular formula is C14H13O2. The van der Waals surface area contributed by atoms with Gasteiger partial charge in [-0.15, -0.1) is 0 Å². The minimum absolute atomic E-state index is 0.0265. The Labute approximate surface area is 96.3 Å². The van der Waals surface area contributed by atoms with Crippen LogP contribution in [0, 0.1) is 31.6 Å². The number of hydrogen-bond donors (Lipinski definition) is 1. The Balaban J connectivity index is 1.92. The minimum Gasteiger partial charge on any atom is -0.388 e. The van der Waals surface area contributed by atoms with Crippen LogP contribution < -0.4 is 0 Å². The van der Waals surface area contributed by atoms with E-state index < -0.39 is 6.10 Å². The van der Waals surface area contributed by atoms with E-state index in [-0.39, 0.29) is 12.2 Å². The molecule has 1 atom stereocenters. The number of hydrogen-bond acceptors (Lipinski definition) is 2. The average Bonchev–Trinajstić information content (AvgIpc) is 2.83.